The van der Waals surface area contributed by atoms with Crippen molar-refractivity contribution in [1.29, 1.82) is 5.26 Å². The van der Waals surface area contributed by atoms with Crippen LogP contribution in [0.1, 0.15) is 32.8 Å². The van der Waals surface area contributed by atoms with E-state index in [9.17, 15) is 9.90 Å². The second-order valence-electron chi connectivity index (χ2n) is 5.14. The normalized spacial score (nSPS) is 10.6. The summed E-state index contributed by atoms with van der Waals surface area (Å²) in [5.41, 5.74) is 0.538. The summed E-state index contributed by atoms with van der Waals surface area (Å²) in [4.78, 5) is 11.5. The van der Waals surface area contributed by atoms with Crippen LogP contribution in [0.3, 0.4) is 0 Å². The Bertz CT molecular complexity index is 498. The number of rotatable bonds is 3. The van der Waals surface area contributed by atoms with E-state index in [1.165, 1.54) is 6.07 Å². The maximum absolute atomic E-state index is 11.5. The van der Waals surface area contributed by atoms with Gasteiger partial charge in [-0.25, -0.2) is 4.79 Å². The van der Waals surface area contributed by atoms with Crippen molar-refractivity contribution in [2.24, 2.45) is 0 Å². The molecule has 5 nitrogen and oxygen atoms in total. The molecule has 0 atom stereocenters. The Morgan fingerprint density at radius 1 is 1.47 bits per heavy atom. The number of nitrogens with one attached hydrogen (secondary N) is 1. The average molecular weight is 262 g/mol. The predicted molar refractivity (Wildman–Crippen MR) is 71.9 cm³/mol. The molecule has 0 unspecified atom stereocenters. The smallest absolute Gasteiger partial charge is 0.412 e. The molecule has 0 fully saturated rings. The van der Waals surface area contributed by atoms with Crippen molar-refractivity contribution in [3.8, 4) is 11.8 Å². The standard InChI is InChI=1S/C14H18N2O3/c1-14(2,3)19-13(18)16-11-7-6-10(5-4-8-15)9-12(11)17/h6-7,9,17H,4-5H2,1-3H3,(H,16,18). The monoisotopic (exact) mass is 262 g/mol. The fourth-order valence-electron chi connectivity index (χ4n) is 1.45. The van der Waals surface area contributed by atoms with Gasteiger partial charge in [0.1, 0.15) is 11.4 Å². The van der Waals surface area contributed by atoms with Gasteiger partial charge in [-0.2, -0.15) is 5.26 Å². The van der Waals surface area contributed by atoms with Gasteiger partial charge in [0.2, 0.25) is 0 Å². The molecule has 0 radical (unpaired) electrons. The lowest BCUT2D eigenvalue weighted by atomic mass is 10.1. The molecule has 0 aromatic heterocycles. The number of aryl methyl sites for hydroxylation is 1. The molecule has 0 aliphatic heterocycles. The number of benzene rings is 1. The highest BCUT2D eigenvalue weighted by atomic mass is 16.6. The van der Waals surface area contributed by atoms with Crippen molar-refractivity contribution >= 4 is 11.8 Å². The molecule has 0 heterocycles. The Morgan fingerprint density at radius 2 is 2.16 bits per heavy atom. The van der Waals surface area contributed by atoms with Gasteiger partial charge in [0.25, 0.3) is 0 Å². The van der Waals surface area contributed by atoms with E-state index in [4.69, 9.17) is 10.00 Å². The van der Waals surface area contributed by atoms with Gasteiger partial charge in [-0.1, -0.05) is 6.07 Å². The minimum atomic E-state index is -0.618. The van der Waals surface area contributed by atoms with Gasteiger partial charge in [-0.3, -0.25) is 5.32 Å². The first-order valence-corrected chi connectivity index (χ1v) is 6.00. The molecule has 2 N–H and O–H groups in total. The average Bonchev–Trinajstić information content (AvgIpc) is 2.27. The molecule has 5 heteroatoms. The number of hydrogen-bond donors (Lipinski definition) is 2. The SMILES string of the molecule is CC(C)(C)OC(=O)Nc1ccc(CCC#N)cc1O. The summed E-state index contributed by atoms with van der Waals surface area (Å²) in [7, 11) is 0. The molecule has 1 rings (SSSR count). The third-order valence-electron chi connectivity index (χ3n) is 2.22. The molecular formula is C14H18N2O3. The number of aromatic hydroxyl groups is 1. The Balaban J connectivity index is 2.70. The van der Waals surface area contributed by atoms with Crippen molar-refractivity contribution in [3.05, 3.63) is 23.8 Å². The lowest BCUT2D eigenvalue weighted by molar-refractivity contribution is 0.0635. The third kappa shape index (κ3) is 5.30. The number of carbonyl (C=O) groups is 1. The maximum atomic E-state index is 11.5. The molecule has 0 aliphatic carbocycles. The summed E-state index contributed by atoms with van der Waals surface area (Å²) in [6.07, 6.45) is 0.335. The van der Waals surface area contributed by atoms with Crippen LogP contribution >= 0.6 is 0 Å². The summed E-state index contributed by atoms with van der Waals surface area (Å²) < 4.78 is 5.09. The number of anilines is 1. The van der Waals surface area contributed by atoms with E-state index in [2.05, 4.69) is 5.32 Å². The molecule has 1 aromatic carbocycles. The largest absolute Gasteiger partial charge is 0.506 e. The second kappa shape index (κ2) is 6.10. The summed E-state index contributed by atoms with van der Waals surface area (Å²) in [6.45, 7) is 5.28. The van der Waals surface area contributed by atoms with Gasteiger partial charge >= 0.3 is 6.09 Å². The fraction of sp³-hybridized carbons (Fsp3) is 0.429. The number of nitrogens with zero attached hydrogens (tertiary/aromatic N) is 1. The minimum absolute atomic E-state index is 0.0405. The van der Waals surface area contributed by atoms with E-state index in [1.54, 1.807) is 32.9 Å². The van der Waals surface area contributed by atoms with Crippen LogP contribution in [0.15, 0.2) is 18.2 Å². The van der Waals surface area contributed by atoms with Crippen LogP contribution in [-0.2, 0) is 11.2 Å². The first kappa shape index (κ1) is 14.8. The number of nitriles is 1. The van der Waals surface area contributed by atoms with Crippen LogP contribution in [0.5, 0.6) is 5.75 Å². The Morgan fingerprint density at radius 3 is 2.68 bits per heavy atom. The molecule has 1 aromatic rings. The number of ether oxygens (including phenoxy) is 1. The molecule has 1 amide bonds. The van der Waals surface area contributed by atoms with Crippen LogP contribution in [0.2, 0.25) is 0 Å². The zero-order valence-corrected chi connectivity index (χ0v) is 11.4. The topological polar surface area (TPSA) is 82.3 Å². The van der Waals surface area contributed by atoms with E-state index in [1.807, 2.05) is 6.07 Å². The van der Waals surface area contributed by atoms with Crippen LogP contribution in [0.25, 0.3) is 0 Å². The third-order valence-corrected chi connectivity index (χ3v) is 2.22. The first-order valence-electron chi connectivity index (χ1n) is 6.00. The summed E-state index contributed by atoms with van der Waals surface area (Å²) in [5.74, 6) is -0.0405. The second-order valence-corrected chi connectivity index (χ2v) is 5.14. The molecule has 102 valence electrons. The lowest BCUT2D eigenvalue weighted by Gasteiger charge is -2.20. The van der Waals surface area contributed by atoms with Gasteiger partial charge in [0.15, 0.2) is 0 Å². The first-order chi connectivity index (χ1) is 8.81. The Kier molecular flexibility index (Phi) is 4.76. The number of hydrogen-bond acceptors (Lipinski definition) is 4. The highest BCUT2D eigenvalue weighted by Gasteiger charge is 2.17. The van der Waals surface area contributed by atoms with Gasteiger partial charge in [0, 0.05) is 6.42 Å². The van der Waals surface area contributed by atoms with Crippen LogP contribution < -0.4 is 5.32 Å². The van der Waals surface area contributed by atoms with Crippen LogP contribution in [-0.4, -0.2) is 16.8 Å². The number of amides is 1. The van der Waals surface area contributed by atoms with E-state index in [-0.39, 0.29) is 11.4 Å². The van der Waals surface area contributed by atoms with Crippen molar-refractivity contribution in [1.82, 2.24) is 0 Å². The molecular weight excluding hydrogens is 244 g/mol. The van der Waals surface area contributed by atoms with Crippen LogP contribution in [0.4, 0.5) is 10.5 Å². The van der Waals surface area contributed by atoms with E-state index >= 15 is 0 Å². The molecule has 0 bridgehead atoms. The van der Waals surface area contributed by atoms with Crippen LogP contribution in [0, 0.1) is 11.3 Å². The molecule has 0 aliphatic rings. The van der Waals surface area contributed by atoms with E-state index in [0.717, 1.165) is 5.56 Å². The zero-order chi connectivity index (χ0) is 14.5. The van der Waals surface area contributed by atoms with Gasteiger partial charge in [0.05, 0.1) is 11.8 Å². The highest BCUT2D eigenvalue weighted by molar-refractivity contribution is 5.86. The predicted octanol–water partition coefficient (Wildman–Crippen LogP) is 3.20. The van der Waals surface area contributed by atoms with Gasteiger partial charge in [-0.05, 0) is 44.9 Å². The van der Waals surface area contributed by atoms with E-state index < -0.39 is 11.7 Å². The molecule has 0 spiro atoms. The lowest BCUT2D eigenvalue weighted by Crippen LogP contribution is -2.27. The summed E-state index contributed by atoms with van der Waals surface area (Å²) in [6, 6.07) is 6.91. The highest BCUT2D eigenvalue weighted by Crippen LogP contribution is 2.25. The maximum Gasteiger partial charge on any atom is 0.412 e. The van der Waals surface area contributed by atoms with Gasteiger partial charge < -0.3 is 9.84 Å². The van der Waals surface area contributed by atoms with Crippen molar-refractivity contribution in [3.63, 3.8) is 0 Å². The van der Waals surface area contributed by atoms with Crippen molar-refractivity contribution in [2.45, 2.75) is 39.2 Å². The van der Waals surface area contributed by atoms with Crippen molar-refractivity contribution < 1.29 is 14.6 Å². The number of phenolic OH excluding ortho intramolecular Hbond substituents is 1. The fourth-order valence-corrected chi connectivity index (χ4v) is 1.45. The number of carbonyl (C=O) groups excluding carboxylic acids is 1. The molecule has 0 saturated heterocycles. The van der Waals surface area contributed by atoms with E-state index in [0.29, 0.717) is 12.8 Å². The summed E-state index contributed by atoms with van der Waals surface area (Å²) in [5, 5.41) is 20.8. The van der Waals surface area contributed by atoms with Gasteiger partial charge in [-0.15, -0.1) is 0 Å². The quantitative estimate of drug-likeness (QED) is 0.819. The van der Waals surface area contributed by atoms with Crippen molar-refractivity contribution in [2.75, 3.05) is 5.32 Å². The molecule has 0 saturated carbocycles. The summed E-state index contributed by atoms with van der Waals surface area (Å²) >= 11 is 0. The Hall–Kier alpha value is -2.22. The minimum Gasteiger partial charge on any atom is -0.506 e. The zero-order valence-electron chi connectivity index (χ0n) is 11.4. The molecule has 19 heavy (non-hydrogen) atoms. The Labute approximate surface area is 112 Å². The number of phenols is 1.